The third kappa shape index (κ3) is 5.13. The second-order valence-electron chi connectivity index (χ2n) is 6.53. The van der Waals surface area contributed by atoms with Crippen molar-refractivity contribution in [3.05, 3.63) is 59.4 Å². The lowest BCUT2D eigenvalue weighted by Gasteiger charge is -2.26. The summed E-state index contributed by atoms with van der Waals surface area (Å²) >= 11 is 0. The summed E-state index contributed by atoms with van der Waals surface area (Å²) in [5, 5.41) is 8.94. The van der Waals surface area contributed by atoms with E-state index in [4.69, 9.17) is 10.00 Å². The fourth-order valence-electron chi connectivity index (χ4n) is 2.80. The lowest BCUT2D eigenvalue weighted by Crippen LogP contribution is -2.30. The van der Waals surface area contributed by atoms with Crippen molar-refractivity contribution in [1.29, 1.82) is 5.26 Å². The van der Waals surface area contributed by atoms with Crippen LogP contribution < -0.4 is 9.64 Å². The number of nitrogens with zero attached hydrogens (tertiary/aromatic N) is 2. The van der Waals surface area contributed by atoms with Crippen LogP contribution in [0.3, 0.4) is 0 Å². The van der Waals surface area contributed by atoms with Gasteiger partial charge in [0.2, 0.25) is 0 Å². The van der Waals surface area contributed by atoms with Crippen LogP contribution >= 0.6 is 0 Å². The molecule has 2 aromatic carbocycles. The number of hydrogen-bond acceptors (Lipinski definition) is 3. The van der Waals surface area contributed by atoms with Crippen LogP contribution in [0.25, 0.3) is 0 Å². The van der Waals surface area contributed by atoms with E-state index in [-0.39, 0.29) is 18.0 Å². The Bertz CT molecular complexity index is 823. The van der Waals surface area contributed by atoms with Crippen LogP contribution in [0.15, 0.2) is 42.5 Å². The third-order valence-electron chi connectivity index (χ3n) is 4.41. The molecule has 3 rings (SSSR count). The van der Waals surface area contributed by atoms with Gasteiger partial charge in [-0.1, -0.05) is 0 Å². The van der Waals surface area contributed by atoms with E-state index in [2.05, 4.69) is 0 Å². The molecule has 0 N–H and O–H groups in total. The maximum atomic E-state index is 13.2. The normalized spacial score (nSPS) is 13.9. The zero-order valence-corrected chi connectivity index (χ0v) is 14.5. The van der Waals surface area contributed by atoms with E-state index in [0.29, 0.717) is 30.4 Å². The first-order valence-electron chi connectivity index (χ1n) is 8.61. The number of halogens is 4. The van der Waals surface area contributed by atoms with Crippen molar-refractivity contribution >= 4 is 5.69 Å². The Kier molecular flexibility index (Phi) is 5.54. The van der Waals surface area contributed by atoms with Gasteiger partial charge in [0.15, 0.2) is 0 Å². The van der Waals surface area contributed by atoms with Gasteiger partial charge in [-0.2, -0.15) is 18.4 Å². The van der Waals surface area contributed by atoms with E-state index in [1.807, 2.05) is 4.90 Å². The second-order valence-corrected chi connectivity index (χ2v) is 6.53. The Labute approximate surface area is 154 Å². The van der Waals surface area contributed by atoms with Crippen molar-refractivity contribution in [3.8, 4) is 11.8 Å². The first-order valence-corrected chi connectivity index (χ1v) is 8.61. The van der Waals surface area contributed by atoms with E-state index in [9.17, 15) is 17.6 Å². The highest BCUT2D eigenvalue weighted by Gasteiger charge is 2.34. The van der Waals surface area contributed by atoms with E-state index in [1.165, 1.54) is 36.4 Å². The first-order chi connectivity index (χ1) is 12.9. The molecule has 3 nitrogen and oxygen atoms in total. The number of anilines is 1. The molecule has 0 heterocycles. The average molecular weight is 378 g/mol. The summed E-state index contributed by atoms with van der Waals surface area (Å²) in [6.45, 7) is 1.27. The lowest BCUT2D eigenvalue weighted by molar-refractivity contribution is -0.137. The van der Waals surface area contributed by atoms with Crippen molar-refractivity contribution in [1.82, 2.24) is 0 Å². The molecule has 0 atom stereocenters. The van der Waals surface area contributed by atoms with Gasteiger partial charge in [-0.25, -0.2) is 4.39 Å². The van der Waals surface area contributed by atoms with Crippen LogP contribution in [-0.2, 0) is 6.18 Å². The predicted octanol–water partition coefficient (Wildman–Crippen LogP) is 5.01. The number of nitriles is 1. The summed E-state index contributed by atoms with van der Waals surface area (Å²) in [5.41, 5.74) is -0.904. The van der Waals surface area contributed by atoms with Gasteiger partial charge in [-0.3, -0.25) is 0 Å². The van der Waals surface area contributed by atoms with Crippen LogP contribution in [0, 0.1) is 23.1 Å². The molecular weight excluding hydrogens is 360 g/mol. The van der Waals surface area contributed by atoms with Gasteiger partial charge in [0.25, 0.3) is 0 Å². The summed E-state index contributed by atoms with van der Waals surface area (Å²) in [5.74, 6) is 0.592. The molecule has 0 spiro atoms. The maximum Gasteiger partial charge on any atom is 0.417 e. The molecule has 7 heteroatoms. The smallest absolute Gasteiger partial charge is 0.417 e. The lowest BCUT2D eigenvalue weighted by atomic mass is 10.1. The molecule has 2 aromatic rings. The Morgan fingerprint density at radius 1 is 1.11 bits per heavy atom. The molecule has 0 bridgehead atoms. The minimum absolute atomic E-state index is 0.250. The molecule has 0 saturated heterocycles. The van der Waals surface area contributed by atoms with Gasteiger partial charge in [-0.05, 0) is 61.2 Å². The van der Waals surface area contributed by atoms with Crippen molar-refractivity contribution < 1.29 is 22.3 Å². The summed E-state index contributed by atoms with van der Waals surface area (Å²) in [6.07, 6.45) is -2.48. The quantitative estimate of drug-likeness (QED) is 0.636. The summed E-state index contributed by atoms with van der Waals surface area (Å²) < 4.78 is 58.2. The predicted molar refractivity (Wildman–Crippen MR) is 93.0 cm³/mol. The Balaban J connectivity index is 1.74. The van der Waals surface area contributed by atoms with E-state index < -0.39 is 11.7 Å². The molecule has 142 valence electrons. The summed E-state index contributed by atoms with van der Waals surface area (Å²) in [4.78, 5) is 1.84. The molecule has 1 aliphatic carbocycles. The SMILES string of the molecule is N#Cc1ccc(N(CCOc2ccc(F)cc2)CC2CC2)cc1C(F)(F)F. The molecule has 0 aliphatic heterocycles. The van der Waals surface area contributed by atoms with Crippen molar-refractivity contribution in [2.24, 2.45) is 5.92 Å². The molecule has 0 radical (unpaired) electrons. The average Bonchev–Trinajstić information content (AvgIpc) is 3.45. The molecule has 0 aromatic heterocycles. The number of rotatable bonds is 7. The molecule has 1 saturated carbocycles. The zero-order valence-electron chi connectivity index (χ0n) is 14.5. The van der Waals surface area contributed by atoms with Crippen LogP contribution in [0.4, 0.5) is 23.2 Å². The molecule has 0 amide bonds. The molecule has 1 fully saturated rings. The van der Waals surface area contributed by atoms with Gasteiger partial charge >= 0.3 is 6.18 Å². The molecule has 1 aliphatic rings. The van der Waals surface area contributed by atoms with Gasteiger partial charge < -0.3 is 9.64 Å². The Morgan fingerprint density at radius 3 is 2.41 bits per heavy atom. The number of benzene rings is 2. The Morgan fingerprint density at radius 2 is 1.81 bits per heavy atom. The van der Waals surface area contributed by atoms with Crippen molar-refractivity contribution in [2.75, 3.05) is 24.6 Å². The minimum Gasteiger partial charge on any atom is -0.492 e. The fraction of sp³-hybridized carbons (Fsp3) is 0.350. The van der Waals surface area contributed by atoms with Gasteiger partial charge in [-0.15, -0.1) is 0 Å². The highest BCUT2D eigenvalue weighted by Crippen LogP contribution is 2.36. The standard InChI is InChI=1S/C20H18F4N2O/c21-16-4-7-18(8-5-16)27-10-9-26(13-14-1-2-14)17-6-3-15(12-25)19(11-17)20(22,23)24/h3-8,11,14H,1-2,9-10,13H2. The minimum atomic E-state index is -4.59. The summed E-state index contributed by atoms with van der Waals surface area (Å²) in [6, 6.07) is 10.9. The molecular formula is C20H18F4N2O. The third-order valence-corrected chi connectivity index (χ3v) is 4.41. The van der Waals surface area contributed by atoms with Gasteiger partial charge in [0.1, 0.15) is 18.2 Å². The Hall–Kier alpha value is -2.75. The maximum absolute atomic E-state index is 13.2. The second kappa shape index (κ2) is 7.87. The topological polar surface area (TPSA) is 36.3 Å². The van der Waals surface area contributed by atoms with Crippen molar-refractivity contribution in [3.63, 3.8) is 0 Å². The van der Waals surface area contributed by atoms with E-state index in [1.54, 1.807) is 6.07 Å². The molecule has 0 unspecified atom stereocenters. The van der Waals surface area contributed by atoms with Crippen LogP contribution in [0.1, 0.15) is 24.0 Å². The monoisotopic (exact) mass is 378 g/mol. The first kappa shape index (κ1) is 19.0. The summed E-state index contributed by atoms with van der Waals surface area (Å²) in [7, 11) is 0. The van der Waals surface area contributed by atoms with Crippen molar-refractivity contribution in [2.45, 2.75) is 19.0 Å². The number of alkyl halides is 3. The van der Waals surface area contributed by atoms with E-state index in [0.717, 1.165) is 18.9 Å². The van der Waals surface area contributed by atoms with Gasteiger partial charge in [0.05, 0.1) is 23.7 Å². The van der Waals surface area contributed by atoms with Gasteiger partial charge in [0, 0.05) is 12.2 Å². The highest BCUT2D eigenvalue weighted by molar-refractivity contribution is 5.55. The zero-order chi connectivity index (χ0) is 19.4. The highest BCUT2D eigenvalue weighted by atomic mass is 19.4. The number of ether oxygens (including phenoxy) is 1. The largest absolute Gasteiger partial charge is 0.492 e. The van der Waals surface area contributed by atoms with E-state index >= 15 is 0 Å². The van der Waals surface area contributed by atoms with Crippen LogP contribution in [0.2, 0.25) is 0 Å². The fourth-order valence-corrected chi connectivity index (χ4v) is 2.80. The van der Waals surface area contributed by atoms with Crippen LogP contribution in [-0.4, -0.2) is 19.7 Å². The number of hydrogen-bond donors (Lipinski definition) is 0. The van der Waals surface area contributed by atoms with Crippen LogP contribution in [0.5, 0.6) is 5.75 Å². The molecule has 27 heavy (non-hydrogen) atoms.